The van der Waals surface area contributed by atoms with Crippen LogP contribution in [-0.4, -0.2) is 53.5 Å². The van der Waals surface area contributed by atoms with Crippen LogP contribution in [0, 0.1) is 11.3 Å². The lowest BCUT2D eigenvalue weighted by molar-refractivity contribution is 0.0290. The second-order valence-electron chi connectivity index (χ2n) is 5.82. The van der Waals surface area contributed by atoms with E-state index in [-0.39, 0.29) is 31.2 Å². The normalized spacial score (nSPS) is 21.0. The van der Waals surface area contributed by atoms with Gasteiger partial charge in [-0.05, 0) is 27.2 Å². The zero-order chi connectivity index (χ0) is 14.5. The molecule has 0 saturated carbocycles. The molecular formula is C13H23N3O3. The summed E-state index contributed by atoms with van der Waals surface area (Å²) in [6.07, 6.45) is 0.762. The second-order valence-corrected chi connectivity index (χ2v) is 5.82. The first-order valence-electron chi connectivity index (χ1n) is 6.57. The Bertz CT molecular complexity index is 346. The van der Waals surface area contributed by atoms with E-state index < -0.39 is 5.60 Å². The smallest absolute Gasteiger partial charge is 0.410 e. The van der Waals surface area contributed by atoms with Crippen molar-refractivity contribution in [2.75, 3.05) is 19.7 Å². The molecule has 6 nitrogen and oxygen atoms in total. The van der Waals surface area contributed by atoms with Gasteiger partial charge in [-0.3, -0.25) is 0 Å². The Morgan fingerprint density at radius 3 is 2.84 bits per heavy atom. The summed E-state index contributed by atoms with van der Waals surface area (Å²) in [5, 5.41) is 20.9. The standard InChI is InChI=1S/C13H23N3O3/c1-13(2,3)19-12(18)16-7-5-10(8-16)15-11(9-17)4-6-14/h10-11,15,17H,4-5,7-9H2,1-3H3. The van der Waals surface area contributed by atoms with E-state index in [9.17, 15) is 4.79 Å². The van der Waals surface area contributed by atoms with Crippen molar-refractivity contribution >= 4 is 6.09 Å². The molecule has 1 rings (SSSR count). The Balaban J connectivity index is 2.41. The number of likely N-dealkylation sites (tertiary alicyclic amines) is 1. The van der Waals surface area contributed by atoms with Gasteiger partial charge in [-0.25, -0.2) is 4.79 Å². The summed E-state index contributed by atoms with van der Waals surface area (Å²) in [4.78, 5) is 13.5. The molecule has 6 heteroatoms. The lowest BCUT2D eigenvalue weighted by Crippen LogP contribution is -2.43. The summed E-state index contributed by atoms with van der Waals surface area (Å²) in [7, 11) is 0. The molecule has 2 unspecified atom stereocenters. The lowest BCUT2D eigenvalue weighted by Gasteiger charge is -2.25. The summed E-state index contributed by atoms with van der Waals surface area (Å²) < 4.78 is 5.31. The van der Waals surface area contributed by atoms with Crippen LogP contribution in [0.5, 0.6) is 0 Å². The molecule has 0 bridgehead atoms. The number of hydrogen-bond donors (Lipinski definition) is 2. The van der Waals surface area contributed by atoms with Crippen molar-refractivity contribution in [1.29, 1.82) is 5.26 Å². The Hall–Kier alpha value is -1.32. The fourth-order valence-corrected chi connectivity index (χ4v) is 2.01. The van der Waals surface area contributed by atoms with Gasteiger partial charge >= 0.3 is 6.09 Å². The van der Waals surface area contributed by atoms with Crippen molar-refractivity contribution in [1.82, 2.24) is 10.2 Å². The van der Waals surface area contributed by atoms with Gasteiger partial charge in [0.25, 0.3) is 0 Å². The van der Waals surface area contributed by atoms with Crippen LogP contribution < -0.4 is 5.32 Å². The van der Waals surface area contributed by atoms with Crippen molar-refractivity contribution < 1.29 is 14.6 Å². The maximum atomic E-state index is 11.9. The molecule has 0 aromatic carbocycles. The molecule has 108 valence electrons. The average Bonchev–Trinajstić information content (AvgIpc) is 2.75. The predicted molar refractivity (Wildman–Crippen MR) is 70.5 cm³/mol. The van der Waals surface area contributed by atoms with Gasteiger partial charge < -0.3 is 20.1 Å². The Labute approximate surface area is 114 Å². The molecule has 1 aliphatic rings. The molecule has 1 aliphatic heterocycles. The third kappa shape index (κ3) is 5.45. The summed E-state index contributed by atoms with van der Waals surface area (Å²) >= 11 is 0. The van der Waals surface area contributed by atoms with Crippen LogP contribution in [0.3, 0.4) is 0 Å². The van der Waals surface area contributed by atoms with E-state index in [0.29, 0.717) is 13.1 Å². The fourth-order valence-electron chi connectivity index (χ4n) is 2.01. The maximum absolute atomic E-state index is 11.9. The monoisotopic (exact) mass is 269 g/mol. The molecule has 19 heavy (non-hydrogen) atoms. The van der Waals surface area contributed by atoms with Gasteiger partial charge in [-0.2, -0.15) is 5.26 Å². The topological polar surface area (TPSA) is 85.6 Å². The zero-order valence-corrected chi connectivity index (χ0v) is 11.8. The van der Waals surface area contributed by atoms with E-state index in [1.165, 1.54) is 0 Å². The van der Waals surface area contributed by atoms with Gasteiger partial charge in [-0.1, -0.05) is 0 Å². The van der Waals surface area contributed by atoms with E-state index in [4.69, 9.17) is 15.1 Å². The molecule has 1 saturated heterocycles. The summed E-state index contributed by atoms with van der Waals surface area (Å²) in [5.41, 5.74) is -0.489. The SMILES string of the molecule is CC(C)(C)OC(=O)N1CCC(NC(CO)CC#N)C1. The average molecular weight is 269 g/mol. The maximum Gasteiger partial charge on any atom is 0.410 e. The zero-order valence-electron chi connectivity index (χ0n) is 11.8. The molecule has 0 radical (unpaired) electrons. The van der Waals surface area contributed by atoms with Gasteiger partial charge in [-0.15, -0.1) is 0 Å². The van der Waals surface area contributed by atoms with Crippen molar-refractivity contribution in [3.05, 3.63) is 0 Å². The molecule has 2 atom stereocenters. The largest absolute Gasteiger partial charge is 0.444 e. The van der Waals surface area contributed by atoms with Crippen molar-refractivity contribution in [2.45, 2.75) is 51.3 Å². The Morgan fingerprint density at radius 1 is 1.63 bits per heavy atom. The van der Waals surface area contributed by atoms with Crippen LogP contribution in [0.25, 0.3) is 0 Å². The van der Waals surface area contributed by atoms with Crippen molar-refractivity contribution in [3.8, 4) is 6.07 Å². The highest BCUT2D eigenvalue weighted by Gasteiger charge is 2.30. The first-order valence-corrected chi connectivity index (χ1v) is 6.57. The summed E-state index contributed by atoms with van der Waals surface area (Å²) in [5.74, 6) is 0. The van der Waals surface area contributed by atoms with E-state index in [0.717, 1.165) is 6.42 Å². The number of aliphatic hydroxyl groups is 1. The van der Waals surface area contributed by atoms with Crippen LogP contribution in [0.4, 0.5) is 4.79 Å². The number of nitriles is 1. The molecule has 1 heterocycles. The van der Waals surface area contributed by atoms with E-state index >= 15 is 0 Å². The van der Waals surface area contributed by atoms with Crippen LogP contribution in [-0.2, 0) is 4.74 Å². The molecule has 0 aliphatic carbocycles. The summed E-state index contributed by atoms with van der Waals surface area (Å²) in [6.45, 7) is 6.63. The van der Waals surface area contributed by atoms with Gasteiger partial charge in [0.1, 0.15) is 5.60 Å². The number of rotatable bonds is 4. The third-order valence-corrected chi connectivity index (χ3v) is 2.87. The van der Waals surface area contributed by atoms with Crippen LogP contribution >= 0.6 is 0 Å². The van der Waals surface area contributed by atoms with E-state index in [1.807, 2.05) is 26.8 Å². The van der Waals surface area contributed by atoms with Crippen LogP contribution in [0.15, 0.2) is 0 Å². The number of aliphatic hydroxyl groups excluding tert-OH is 1. The summed E-state index contributed by atoms with van der Waals surface area (Å²) in [6, 6.07) is 1.91. The minimum absolute atomic E-state index is 0.0729. The van der Waals surface area contributed by atoms with Gasteiger partial charge in [0, 0.05) is 25.2 Å². The van der Waals surface area contributed by atoms with E-state index in [2.05, 4.69) is 5.32 Å². The van der Waals surface area contributed by atoms with Gasteiger partial charge in [0.05, 0.1) is 19.1 Å². The quantitative estimate of drug-likeness (QED) is 0.790. The third-order valence-electron chi connectivity index (χ3n) is 2.87. The highest BCUT2D eigenvalue weighted by molar-refractivity contribution is 5.68. The highest BCUT2D eigenvalue weighted by Crippen LogP contribution is 2.15. The molecule has 0 spiro atoms. The molecule has 0 aromatic rings. The van der Waals surface area contributed by atoms with Gasteiger partial charge in [0.2, 0.25) is 0 Å². The first kappa shape index (κ1) is 15.7. The van der Waals surface area contributed by atoms with E-state index in [1.54, 1.807) is 4.90 Å². The van der Waals surface area contributed by atoms with Crippen molar-refractivity contribution in [2.24, 2.45) is 0 Å². The molecule has 1 amide bonds. The Kier molecular flexibility index (Phi) is 5.58. The second kappa shape index (κ2) is 6.73. The van der Waals surface area contributed by atoms with Crippen molar-refractivity contribution in [3.63, 3.8) is 0 Å². The van der Waals surface area contributed by atoms with Gasteiger partial charge in [0.15, 0.2) is 0 Å². The number of amides is 1. The molecular weight excluding hydrogens is 246 g/mol. The number of carbonyl (C=O) groups is 1. The number of ether oxygens (including phenoxy) is 1. The first-order chi connectivity index (χ1) is 8.85. The lowest BCUT2D eigenvalue weighted by atomic mass is 10.2. The fraction of sp³-hybridized carbons (Fsp3) is 0.846. The molecule has 0 aromatic heterocycles. The van der Waals surface area contributed by atoms with Crippen LogP contribution in [0.1, 0.15) is 33.6 Å². The predicted octanol–water partition coefficient (Wildman–Crippen LogP) is 0.860. The molecule has 1 fully saturated rings. The number of carbonyl (C=O) groups excluding carboxylic acids is 1. The minimum atomic E-state index is -0.489. The van der Waals surface area contributed by atoms with Crippen LogP contribution in [0.2, 0.25) is 0 Å². The molecule has 2 N–H and O–H groups in total. The number of nitrogens with one attached hydrogen (secondary N) is 1. The minimum Gasteiger partial charge on any atom is -0.444 e. The number of hydrogen-bond acceptors (Lipinski definition) is 5. The number of nitrogens with zero attached hydrogens (tertiary/aromatic N) is 2. The highest BCUT2D eigenvalue weighted by atomic mass is 16.6. The Morgan fingerprint density at radius 2 is 2.32 bits per heavy atom.